The Labute approximate surface area is 251 Å². The molecule has 8 nitrogen and oxygen atoms in total. The molecule has 2 saturated heterocycles. The number of aliphatic hydroxyl groups is 3. The number of hydrogen-bond donors (Lipinski definition) is 4. The topological polar surface area (TPSA) is 117 Å². The molecule has 2 aliphatic heterocycles. The number of hydrogen-bond acceptors (Lipinski definition) is 7. The molecular weight excluding hydrogens is 534 g/mol. The van der Waals surface area contributed by atoms with Gasteiger partial charge in [0.15, 0.2) is 0 Å². The molecular formula is C34H55NO7. The number of carbonyl (C=O) groups excluding carboxylic acids is 1. The van der Waals surface area contributed by atoms with E-state index in [2.05, 4.69) is 39.9 Å². The Kier molecular flexibility index (Phi) is 6.44. The van der Waals surface area contributed by atoms with Crippen LogP contribution in [0.25, 0.3) is 0 Å². The molecule has 0 radical (unpaired) electrons. The summed E-state index contributed by atoms with van der Waals surface area (Å²) < 4.78 is 18.0. The van der Waals surface area contributed by atoms with Crippen LogP contribution in [0.1, 0.15) is 99.8 Å². The first-order chi connectivity index (χ1) is 19.5. The Hall–Kier alpha value is -0.930. The summed E-state index contributed by atoms with van der Waals surface area (Å²) in [5.41, 5.74) is -1.22. The van der Waals surface area contributed by atoms with Crippen LogP contribution < -0.4 is 5.32 Å². The monoisotopic (exact) mass is 589 g/mol. The molecule has 5 aliphatic carbocycles. The molecule has 0 aromatic heterocycles. The van der Waals surface area contributed by atoms with Crippen molar-refractivity contribution < 1.29 is 34.3 Å². The number of alkyl carbamates (subject to hydrolysis) is 1. The van der Waals surface area contributed by atoms with Crippen LogP contribution in [0, 0.1) is 50.7 Å². The van der Waals surface area contributed by atoms with Crippen molar-refractivity contribution in [3.8, 4) is 0 Å². The van der Waals surface area contributed by atoms with Gasteiger partial charge in [-0.05, 0) is 105 Å². The zero-order valence-electron chi connectivity index (χ0n) is 26.8. The molecule has 1 amide bonds. The van der Waals surface area contributed by atoms with Crippen LogP contribution in [0.3, 0.4) is 0 Å². The van der Waals surface area contributed by atoms with Crippen molar-refractivity contribution in [2.75, 3.05) is 13.2 Å². The summed E-state index contributed by atoms with van der Waals surface area (Å²) in [6, 6.07) is 0.0666. The fourth-order valence-electron chi connectivity index (χ4n) is 12.8. The molecule has 0 aromatic carbocycles. The third-order valence-electron chi connectivity index (χ3n) is 15.1. The second-order valence-corrected chi connectivity index (χ2v) is 17.4. The Balaban J connectivity index is 1.14. The standard InChI is InChI=1S/C34H55NO7/c1-18-14-20(26(36)30(4,5)39)41-25-24(18)31(6)12-13-34-17-33(34)11-10-23(42-28(38)35-19-15-40-16-19)29(2,3)21(33)8-9-22(34)32(31,7)27(25)37/h18-27,36-37,39H,8-17H2,1-7H3,(H,35,38)/t18-,20?,21+,22?,23?,24+,25?,26+,27+,31-,32-,33-,34+/m1/s1. The van der Waals surface area contributed by atoms with Gasteiger partial charge < -0.3 is 34.8 Å². The highest BCUT2D eigenvalue weighted by Crippen LogP contribution is 2.89. The third-order valence-corrected chi connectivity index (χ3v) is 15.1. The van der Waals surface area contributed by atoms with Gasteiger partial charge in [-0.3, -0.25) is 0 Å². The van der Waals surface area contributed by atoms with Crippen LogP contribution in [0.5, 0.6) is 0 Å². The SMILES string of the molecule is C[C@@H]1CC([C@H](O)C(C)(C)O)OC2[C@H]1[C@@]1(C)CC[C@@]34C[C@@]35CCC(OC(=O)NC3COC3)C(C)(C)[C@@H]5CCC4[C@]1(C)[C@H]2O. The maximum atomic E-state index is 12.7. The Morgan fingerprint density at radius 2 is 1.69 bits per heavy atom. The molecule has 2 spiro atoms. The average molecular weight is 590 g/mol. The van der Waals surface area contributed by atoms with E-state index in [1.165, 1.54) is 12.8 Å². The molecule has 42 heavy (non-hydrogen) atoms. The maximum absolute atomic E-state index is 12.7. The molecule has 7 fully saturated rings. The van der Waals surface area contributed by atoms with Crippen LogP contribution in [0.2, 0.25) is 0 Å². The molecule has 7 rings (SSSR count). The Morgan fingerprint density at radius 1 is 1.02 bits per heavy atom. The van der Waals surface area contributed by atoms with E-state index in [0.29, 0.717) is 31.5 Å². The van der Waals surface area contributed by atoms with Crippen molar-refractivity contribution in [1.29, 1.82) is 0 Å². The van der Waals surface area contributed by atoms with E-state index < -0.39 is 23.9 Å². The van der Waals surface area contributed by atoms with E-state index in [-0.39, 0.29) is 63.3 Å². The van der Waals surface area contributed by atoms with Gasteiger partial charge in [-0.15, -0.1) is 0 Å². The number of fused-ring (bicyclic) bond motifs is 4. The van der Waals surface area contributed by atoms with Gasteiger partial charge >= 0.3 is 6.09 Å². The molecule has 8 heteroatoms. The highest BCUT2D eigenvalue weighted by molar-refractivity contribution is 5.68. The molecule has 0 aromatic rings. The van der Waals surface area contributed by atoms with Crippen molar-refractivity contribution in [3.05, 3.63) is 0 Å². The summed E-state index contributed by atoms with van der Waals surface area (Å²) in [6.07, 6.45) is 5.57. The summed E-state index contributed by atoms with van der Waals surface area (Å²) >= 11 is 0. The lowest BCUT2D eigenvalue weighted by Gasteiger charge is -2.63. The van der Waals surface area contributed by atoms with E-state index in [9.17, 15) is 20.1 Å². The summed E-state index contributed by atoms with van der Waals surface area (Å²) in [5.74, 6) is 1.43. The molecule has 238 valence electrons. The van der Waals surface area contributed by atoms with Crippen molar-refractivity contribution >= 4 is 6.09 Å². The predicted molar refractivity (Wildman–Crippen MR) is 156 cm³/mol. The van der Waals surface area contributed by atoms with Crippen LogP contribution >= 0.6 is 0 Å². The molecule has 4 unspecified atom stereocenters. The normalized spacial score (nSPS) is 53.3. The largest absolute Gasteiger partial charge is 0.446 e. The van der Waals surface area contributed by atoms with E-state index in [1.807, 2.05) is 0 Å². The van der Waals surface area contributed by atoms with Crippen LogP contribution in [0.4, 0.5) is 4.79 Å². The first-order valence-corrected chi connectivity index (χ1v) is 16.8. The van der Waals surface area contributed by atoms with Gasteiger partial charge in [0.2, 0.25) is 0 Å². The summed E-state index contributed by atoms with van der Waals surface area (Å²) in [5, 5.41) is 36.8. The summed E-state index contributed by atoms with van der Waals surface area (Å²) in [4.78, 5) is 12.7. The van der Waals surface area contributed by atoms with Gasteiger partial charge in [0.25, 0.3) is 0 Å². The first kappa shape index (κ1) is 29.8. The fourth-order valence-corrected chi connectivity index (χ4v) is 12.8. The zero-order valence-corrected chi connectivity index (χ0v) is 26.8. The molecule has 7 aliphatic rings. The smallest absolute Gasteiger partial charge is 0.407 e. The highest BCUT2D eigenvalue weighted by atomic mass is 16.6. The Morgan fingerprint density at radius 3 is 2.33 bits per heavy atom. The average Bonchev–Trinajstić information content (AvgIpc) is 3.51. The minimum Gasteiger partial charge on any atom is -0.446 e. The van der Waals surface area contributed by atoms with Gasteiger partial charge in [-0.1, -0.05) is 34.6 Å². The van der Waals surface area contributed by atoms with Gasteiger partial charge in [0.05, 0.1) is 43.2 Å². The van der Waals surface area contributed by atoms with Gasteiger partial charge in [0, 0.05) is 10.8 Å². The molecule has 4 N–H and O–H groups in total. The van der Waals surface area contributed by atoms with Crippen molar-refractivity contribution in [1.82, 2.24) is 5.32 Å². The maximum Gasteiger partial charge on any atom is 0.407 e. The molecule has 5 saturated carbocycles. The number of ether oxygens (including phenoxy) is 3. The summed E-state index contributed by atoms with van der Waals surface area (Å²) in [7, 11) is 0. The van der Waals surface area contributed by atoms with E-state index in [1.54, 1.807) is 13.8 Å². The van der Waals surface area contributed by atoms with Crippen LogP contribution in [-0.4, -0.2) is 76.8 Å². The number of carbonyl (C=O) groups is 1. The van der Waals surface area contributed by atoms with E-state index >= 15 is 0 Å². The lowest BCUT2D eigenvalue weighted by atomic mass is 9.41. The van der Waals surface area contributed by atoms with Crippen molar-refractivity contribution in [2.24, 2.45) is 50.7 Å². The van der Waals surface area contributed by atoms with Crippen LogP contribution in [-0.2, 0) is 14.2 Å². The Bertz CT molecular complexity index is 1120. The number of nitrogens with one attached hydrogen (secondary N) is 1. The number of aliphatic hydroxyl groups excluding tert-OH is 2. The molecule has 13 atom stereocenters. The second-order valence-electron chi connectivity index (χ2n) is 17.4. The van der Waals surface area contributed by atoms with Crippen molar-refractivity contribution in [3.63, 3.8) is 0 Å². The fraction of sp³-hybridized carbons (Fsp3) is 0.971. The highest BCUT2D eigenvalue weighted by Gasteiger charge is 2.84. The molecule has 0 bridgehead atoms. The lowest BCUT2D eigenvalue weighted by molar-refractivity contribution is -0.202. The van der Waals surface area contributed by atoms with E-state index in [0.717, 1.165) is 32.1 Å². The van der Waals surface area contributed by atoms with Gasteiger partial charge in [-0.2, -0.15) is 0 Å². The number of amides is 1. The number of rotatable bonds is 4. The predicted octanol–water partition coefficient (Wildman–Crippen LogP) is 4.43. The van der Waals surface area contributed by atoms with Gasteiger partial charge in [0.1, 0.15) is 12.2 Å². The quantitative estimate of drug-likeness (QED) is 0.383. The zero-order chi connectivity index (χ0) is 30.3. The van der Waals surface area contributed by atoms with Crippen molar-refractivity contribution in [2.45, 2.75) is 142 Å². The first-order valence-electron chi connectivity index (χ1n) is 16.8. The lowest BCUT2D eigenvalue weighted by Crippen LogP contribution is -2.60. The molecule has 2 heterocycles. The third kappa shape index (κ3) is 3.62. The second kappa shape index (κ2) is 9.08. The minimum atomic E-state index is -1.26. The van der Waals surface area contributed by atoms with Crippen LogP contribution in [0.15, 0.2) is 0 Å². The van der Waals surface area contributed by atoms with Gasteiger partial charge in [-0.25, -0.2) is 4.79 Å². The minimum absolute atomic E-state index is 0.0488. The summed E-state index contributed by atoms with van der Waals surface area (Å²) in [6.45, 7) is 16.1. The van der Waals surface area contributed by atoms with E-state index in [4.69, 9.17) is 14.2 Å².